The summed E-state index contributed by atoms with van der Waals surface area (Å²) in [5.41, 5.74) is 1.73. The van der Waals surface area contributed by atoms with E-state index >= 15 is 0 Å². The van der Waals surface area contributed by atoms with Gasteiger partial charge in [0.05, 0.1) is 12.2 Å². The molecule has 0 radical (unpaired) electrons. The second-order valence-electron chi connectivity index (χ2n) is 7.11. The normalized spacial score (nSPS) is 13.7. The highest BCUT2D eigenvalue weighted by molar-refractivity contribution is 5.94. The Bertz CT molecular complexity index is 912. The van der Waals surface area contributed by atoms with E-state index in [-0.39, 0.29) is 18.2 Å². The zero-order valence-electron chi connectivity index (χ0n) is 16.9. The molecular weight excluding hydrogens is 387 g/mol. The zero-order valence-corrected chi connectivity index (χ0v) is 16.9. The number of nitrogens with one attached hydrogen (secondary N) is 2. The standard InChI is InChI=1S/C22H25FN4O3/c1-16(28)18-7-8-20(19(23)13-18)26-9-11-27(12-10-26)21(29)15-25-22(30)24-14-17-5-3-2-4-6-17/h2-8,13H,9-12,14-15H2,1H3,(H2,24,25,30). The van der Waals surface area contributed by atoms with E-state index in [1.807, 2.05) is 35.2 Å². The first-order valence-corrected chi connectivity index (χ1v) is 9.83. The van der Waals surface area contributed by atoms with E-state index < -0.39 is 11.8 Å². The van der Waals surface area contributed by atoms with E-state index in [1.165, 1.54) is 13.0 Å². The molecule has 3 amide bonds. The second kappa shape index (κ2) is 9.87. The monoisotopic (exact) mass is 412 g/mol. The van der Waals surface area contributed by atoms with Crippen molar-refractivity contribution in [2.45, 2.75) is 13.5 Å². The number of anilines is 1. The molecule has 0 bridgehead atoms. The summed E-state index contributed by atoms with van der Waals surface area (Å²) in [5, 5.41) is 5.28. The van der Waals surface area contributed by atoms with E-state index in [9.17, 15) is 18.8 Å². The van der Waals surface area contributed by atoms with E-state index in [0.29, 0.717) is 44.0 Å². The van der Waals surface area contributed by atoms with Gasteiger partial charge in [-0.2, -0.15) is 0 Å². The lowest BCUT2D eigenvalue weighted by atomic mass is 10.1. The molecule has 158 valence electrons. The molecule has 3 rings (SSSR count). The van der Waals surface area contributed by atoms with Crippen molar-refractivity contribution >= 4 is 23.4 Å². The number of benzene rings is 2. The maximum absolute atomic E-state index is 14.3. The van der Waals surface area contributed by atoms with Gasteiger partial charge < -0.3 is 20.4 Å². The maximum atomic E-state index is 14.3. The summed E-state index contributed by atoms with van der Waals surface area (Å²) in [6, 6.07) is 13.5. The highest BCUT2D eigenvalue weighted by Crippen LogP contribution is 2.22. The van der Waals surface area contributed by atoms with Crippen LogP contribution in [0.15, 0.2) is 48.5 Å². The minimum Gasteiger partial charge on any atom is -0.366 e. The SMILES string of the molecule is CC(=O)c1ccc(N2CCN(C(=O)CNC(=O)NCc3ccccc3)CC2)c(F)c1. The Morgan fingerprint density at radius 2 is 1.67 bits per heavy atom. The van der Waals surface area contributed by atoms with Gasteiger partial charge in [-0.25, -0.2) is 9.18 Å². The largest absolute Gasteiger partial charge is 0.366 e. The zero-order chi connectivity index (χ0) is 21.5. The lowest BCUT2D eigenvalue weighted by Gasteiger charge is -2.36. The van der Waals surface area contributed by atoms with Crippen molar-refractivity contribution in [1.82, 2.24) is 15.5 Å². The number of piperazine rings is 1. The third-order valence-corrected chi connectivity index (χ3v) is 5.02. The number of hydrogen-bond acceptors (Lipinski definition) is 4. The molecule has 0 aliphatic carbocycles. The van der Waals surface area contributed by atoms with Crippen LogP contribution in [0.5, 0.6) is 0 Å². The van der Waals surface area contributed by atoms with Crippen LogP contribution in [-0.4, -0.2) is 55.3 Å². The van der Waals surface area contributed by atoms with Crippen molar-refractivity contribution in [1.29, 1.82) is 0 Å². The summed E-state index contributed by atoms with van der Waals surface area (Å²) in [7, 11) is 0. The number of nitrogens with zero attached hydrogens (tertiary/aromatic N) is 2. The van der Waals surface area contributed by atoms with Crippen LogP contribution in [0.3, 0.4) is 0 Å². The van der Waals surface area contributed by atoms with Crippen molar-refractivity contribution in [3.8, 4) is 0 Å². The lowest BCUT2D eigenvalue weighted by molar-refractivity contribution is -0.130. The Morgan fingerprint density at radius 3 is 2.30 bits per heavy atom. The van der Waals surface area contributed by atoms with Gasteiger partial charge in [0.25, 0.3) is 0 Å². The molecule has 0 unspecified atom stereocenters. The first kappa shape index (κ1) is 21.3. The van der Waals surface area contributed by atoms with Gasteiger partial charge in [-0.05, 0) is 30.7 Å². The number of amides is 3. The summed E-state index contributed by atoms with van der Waals surface area (Å²) < 4.78 is 14.3. The van der Waals surface area contributed by atoms with Crippen molar-refractivity contribution in [3.05, 3.63) is 65.5 Å². The highest BCUT2D eigenvalue weighted by atomic mass is 19.1. The average Bonchev–Trinajstić information content (AvgIpc) is 2.76. The average molecular weight is 412 g/mol. The van der Waals surface area contributed by atoms with Crippen LogP contribution >= 0.6 is 0 Å². The van der Waals surface area contributed by atoms with Crippen LogP contribution in [0.2, 0.25) is 0 Å². The first-order valence-electron chi connectivity index (χ1n) is 9.83. The predicted molar refractivity (Wildman–Crippen MR) is 112 cm³/mol. The smallest absolute Gasteiger partial charge is 0.315 e. The van der Waals surface area contributed by atoms with Crippen molar-refractivity contribution < 1.29 is 18.8 Å². The third kappa shape index (κ3) is 5.56. The second-order valence-corrected chi connectivity index (χ2v) is 7.11. The van der Waals surface area contributed by atoms with Crippen LogP contribution in [0.4, 0.5) is 14.9 Å². The Kier molecular flexibility index (Phi) is 7.00. The minimum atomic E-state index is -0.445. The van der Waals surface area contributed by atoms with Crippen LogP contribution in [-0.2, 0) is 11.3 Å². The van der Waals surface area contributed by atoms with Crippen LogP contribution < -0.4 is 15.5 Å². The summed E-state index contributed by atoms with van der Waals surface area (Å²) in [4.78, 5) is 39.1. The number of hydrogen-bond donors (Lipinski definition) is 2. The number of Topliss-reactive ketones (excluding diaryl/α,β-unsaturated/α-hetero) is 1. The predicted octanol–water partition coefficient (Wildman–Crippen LogP) is 2.18. The Morgan fingerprint density at radius 1 is 0.967 bits per heavy atom. The van der Waals surface area contributed by atoms with Gasteiger partial charge in [0.15, 0.2) is 5.78 Å². The number of ketones is 1. The first-order chi connectivity index (χ1) is 14.4. The Balaban J connectivity index is 1.43. The number of carbonyl (C=O) groups excluding carboxylic acids is 3. The quantitative estimate of drug-likeness (QED) is 0.713. The molecule has 0 atom stereocenters. The molecule has 0 aromatic heterocycles. The van der Waals surface area contributed by atoms with E-state index in [0.717, 1.165) is 5.56 Å². The van der Waals surface area contributed by atoms with Crippen molar-refractivity contribution in [3.63, 3.8) is 0 Å². The molecule has 30 heavy (non-hydrogen) atoms. The van der Waals surface area contributed by atoms with Crippen LogP contribution in [0.25, 0.3) is 0 Å². The highest BCUT2D eigenvalue weighted by Gasteiger charge is 2.23. The topological polar surface area (TPSA) is 81.8 Å². The van der Waals surface area contributed by atoms with Gasteiger partial charge in [0.2, 0.25) is 5.91 Å². The molecule has 0 spiro atoms. The molecule has 1 aliphatic heterocycles. The Hall–Kier alpha value is -3.42. The van der Waals surface area contributed by atoms with Gasteiger partial charge >= 0.3 is 6.03 Å². The van der Waals surface area contributed by atoms with Crippen LogP contribution in [0, 0.1) is 5.82 Å². The summed E-state index contributed by atoms with van der Waals surface area (Å²) in [6.45, 7) is 3.50. The van der Waals surface area contributed by atoms with Crippen molar-refractivity contribution in [2.75, 3.05) is 37.6 Å². The fourth-order valence-electron chi connectivity index (χ4n) is 3.29. The number of carbonyl (C=O) groups is 3. The third-order valence-electron chi connectivity index (χ3n) is 5.02. The molecule has 0 saturated carbocycles. The summed E-state index contributed by atoms with van der Waals surface area (Å²) in [5.74, 6) is -0.813. The number of urea groups is 1. The molecular formula is C22H25FN4O3. The maximum Gasteiger partial charge on any atom is 0.315 e. The van der Waals surface area contributed by atoms with Crippen molar-refractivity contribution in [2.24, 2.45) is 0 Å². The molecule has 1 aliphatic rings. The van der Waals surface area contributed by atoms with Crippen LogP contribution in [0.1, 0.15) is 22.8 Å². The number of rotatable bonds is 6. The van der Waals surface area contributed by atoms with Gasteiger partial charge in [-0.3, -0.25) is 9.59 Å². The fraction of sp³-hybridized carbons (Fsp3) is 0.318. The van der Waals surface area contributed by atoms with Gasteiger partial charge in [0.1, 0.15) is 5.82 Å². The molecule has 2 aromatic rings. The fourth-order valence-corrected chi connectivity index (χ4v) is 3.29. The molecule has 1 fully saturated rings. The number of halogens is 1. The minimum absolute atomic E-state index is 0.0949. The molecule has 1 saturated heterocycles. The van der Waals surface area contributed by atoms with E-state index in [1.54, 1.807) is 17.0 Å². The van der Waals surface area contributed by atoms with Gasteiger partial charge in [0, 0.05) is 38.3 Å². The summed E-state index contributed by atoms with van der Waals surface area (Å²) in [6.07, 6.45) is 0. The van der Waals surface area contributed by atoms with Gasteiger partial charge in [-0.15, -0.1) is 0 Å². The molecule has 7 nitrogen and oxygen atoms in total. The lowest BCUT2D eigenvalue weighted by Crippen LogP contribution is -2.52. The molecule has 2 N–H and O–H groups in total. The van der Waals surface area contributed by atoms with E-state index in [4.69, 9.17) is 0 Å². The Labute approximate surface area is 174 Å². The molecule has 2 aromatic carbocycles. The van der Waals surface area contributed by atoms with Gasteiger partial charge in [-0.1, -0.05) is 30.3 Å². The molecule has 8 heteroatoms. The van der Waals surface area contributed by atoms with E-state index in [2.05, 4.69) is 10.6 Å². The molecule has 1 heterocycles. The summed E-state index contributed by atoms with van der Waals surface area (Å²) >= 11 is 0.